The van der Waals surface area contributed by atoms with Gasteiger partial charge in [0.2, 0.25) is 10.0 Å². The first-order valence-electron chi connectivity index (χ1n) is 7.48. The SMILES string of the molecule is COC(=O)CNc1ccc(OC)c(S(=O)(=O)N2CCCCC2)c1. The lowest BCUT2D eigenvalue weighted by Gasteiger charge is -2.26. The molecule has 8 heteroatoms. The van der Waals surface area contributed by atoms with Crippen LogP contribution in [-0.2, 0) is 19.6 Å². The third-order valence-electron chi connectivity index (χ3n) is 3.76. The average Bonchev–Trinajstić information content (AvgIpc) is 2.60. The molecule has 0 amide bonds. The quantitative estimate of drug-likeness (QED) is 0.788. The first kappa shape index (κ1) is 17.6. The van der Waals surface area contributed by atoms with E-state index in [-0.39, 0.29) is 11.4 Å². The summed E-state index contributed by atoms with van der Waals surface area (Å²) in [6, 6.07) is 4.74. The predicted molar refractivity (Wildman–Crippen MR) is 86.1 cm³/mol. The van der Waals surface area contributed by atoms with Gasteiger partial charge in [0, 0.05) is 18.8 Å². The lowest BCUT2D eigenvalue weighted by atomic mass is 10.2. The molecule has 0 radical (unpaired) electrons. The smallest absolute Gasteiger partial charge is 0.325 e. The van der Waals surface area contributed by atoms with Gasteiger partial charge in [-0.3, -0.25) is 4.79 Å². The van der Waals surface area contributed by atoms with Gasteiger partial charge in [0.15, 0.2) is 0 Å². The second-order valence-electron chi connectivity index (χ2n) is 5.26. The summed E-state index contributed by atoms with van der Waals surface area (Å²) in [7, 11) is -0.887. The molecule has 1 fully saturated rings. The van der Waals surface area contributed by atoms with E-state index >= 15 is 0 Å². The Morgan fingerprint density at radius 3 is 2.52 bits per heavy atom. The average molecular weight is 342 g/mol. The van der Waals surface area contributed by atoms with E-state index in [0.717, 1.165) is 19.3 Å². The molecule has 23 heavy (non-hydrogen) atoms. The van der Waals surface area contributed by atoms with Crippen LogP contribution in [0.15, 0.2) is 23.1 Å². The highest BCUT2D eigenvalue weighted by atomic mass is 32.2. The van der Waals surface area contributed by atoms with Gasteiger partial charge in [-0.2, -0.15) is 4.31 Å². The van der Waals surface area contributed by atoms with Crippen molar-refractivity contribution in [1.29, 1.82) is 0 Å². The summed E-state index contributed by atoms with van der Waals surface area (Å²) in [6.07, 6.45) is 2.77. The van der Waals surface area contributed by atoms with Crippen LogP contribution in [0.1, 0.15) is 19.3 Å². The summed E-state index contributed by atoms with van der Waals surface area (Å²) in [5.74, 6) is -0.138. The zero-order valence-corrected chi connectivity index (χ0v) is 14.2. The number of nitrogens with zero attached hydrogens (tertiary/aromatic N) is 1. The van der Waals surface area contributed by atoms with Crippen molar-refractivity contribution in [2.45, 2.75) is 24.2 Å². The van der Waals surface area contributed by atoms with Crippen molar-refractivity contribution < 1.29 is 22.7 Å². The molecule has 128 valence electrons. The van der Waals surface area contributed by atoms with Crippen LogP contribution in [0.5, 0.6) is 5.75 Å². The van der Waals surface area contributed by atoms with Crippen LogP contribution in [-0.4, -0.2) is 52.5 Å². The van der Waals surface area contributed by atoms with Crippen molar-refractivity contribution >= 4 is 21.7 Å². The molecule has 0 spiro atoms. The van der Waals surface area contributed by atoms with Gasteiger partial charge in [0.05, 0.1) is 14.2 Å². The first-order chi connectivity index (χ1) is 11.0. The van der Waals surface area contributed by atoms with Gasteiger partial charge in [0.1, 0.15) is 17.2 Å². The molecule has 1 N–H and O–H groups in total. The number of sulfonamides is 1. The number of nitrogens with one attached hydrogen (secondary N) is 1. The molecule has 0 aliphatic carbocycles. The zero-order chi connectivity index (χ0) is 16.9. The fourth-order valence-corrected chi connectivity index (χ4v) is 4.18. The number of anilines is 1. The zero-order valence-electron chi connectivity index (χ0n) is 13.4. The molecule has 0 bridgehead atoms. The molecular weight excluding hydrogens is 320 g/mol. The normalized spacial score (nSPS) is 15.9. The first-order valence-corrected chi connectivity index (χ1v) is 8.92. The van der Waals surface area contributed by atoms with Gasteiger partial charge in [0.25, 0.3) is 0 Å². The molecule has 0 saturated carbocycles. The van der Waals surface area contributed by atoms with Gasteiger partial charge < -0.3 is 14.8 Å². The van der Waals surface area contributed by atoms with E-state index < -0.39 is 16.0 Å². The lowest BCUT2D eigenvalue weighted by molar-refractivity contribution is -0.138. The second-order valence-corrected chi connectivity index (χ2v) is 7.17. The lowest BCUT2D eigenvalue weighted by Crippen LogP contribution is -2.35. The molecule has 1 aliphatic heterocycles. The molecule has 1 aromatic carbocycles. The van der Waals surface area contributed by atoms with Crippen LogP contribution >= 0.6 is 0 Å². The summed E-state index contributed by atoms with van der Waals surface area (Å²) in [5, 5.41) is 2.85. The topological polar surface area (TPSA) is 84.9 Å². The maximum atomic E-state index is 12.8. The molecule has 2 rings (SSSR count). The number of rotatable bonds is 6. The monoisotopic (exact) mass is 342 g/mol. The predicted octanol–water partition coefficient (Wildman–Crippen LogP) is 1.45. The van der Waals surface area contributed by atoms with Crippen LogP contribution in [0.3, 0.4) is 0 Å². The fraction of sp³-hybridized carbons (Fsp3) is 0.533. The number of carbonyl (C=O) groups is 1. The van der Waals surface area contributed by atoms with Crippen LogP contribution < -0.4 is 10.1 Å². The highest BCUT2D eigenvalue weighted by Gasteiger charge is 2.29. The molecule has 1 saturated heterocycles. The minimum absolute atomic E-state index is 0.0357. The fourth-order valence-electron chi connectivity index (χ4n) is 2.48. The summed E-state index contributed by atoms with van der Waals surface area (Å²) in [4.78, 5) is 11.3. The minimum Gasteiger partial charge on any atom is -0.495 e. The molecular formula is C15H22N2O5S. The highest BCUT2D eigenvalue weighted by molar-refractivity contribution is 7.89. The number of ether oxygens (including phenoxy) is 2. The number of hydrogen-bond donors (Lipinski definition) is 1. The van der Waals surface area contributed by atoms with E-state index in [4.69, 9.17) is 4.74 Å². The molecule has 1 aromatic rings. The van der Waals surface area contributed by atoms with E-state index in [1.165, 1.54) is 24.6 Å². The number of piperidine rings is 1. The van der Waals surface area contributed by atoms with Gasteiger partial charge in [-0.1, -0.05) is 6.42 Å². The number of carbonyl (C=O) groups excluding carboxylic acids is 1. The van der Waals surface area contributed by atoms with E-state index in [1.54, 1.807) is 12.1 Å². The van der Waals surface area contributed by atoms with E-state index in [1.807, 2.05) is 0 Å². The molecule has 1 heterocycles. The number of hydrogen-bond acceptors (Lipinski definition) is 6. The van der Waals surface area contributed by atoms with Crippen molar-refractivity contribution in [2.75, 3.05) is 39.2 Å². The summed E-state index contributed by atoms with van der Waals surface area (Å²) < 4.78 is 36.9. The van der Waals surface area contributed by atoms with Crippen molar-refractivity contribution in [3.05, 3.63) is 18.2 Å². The van der Waals surface area contributed by atoms with Gasteiger partial charge in [-0.25, -0.2) is 8.42 Å². The third-order valence-corrected chi connectivity index (χ3v) is 5.68. The maximum Gasteiger partial charge on any atom is 0.325 e. The molecule has 0 unspecified atom stereocenters. The van der Waals surface area contributed by atoms with E-state index in [9.17, 15) is 13.2 Å². The molecule has 1 aliphatic rings. The van der Waals surface area contributed by atoms with Crippen LogP contribution in [0.2, 0.25) is 0 Å². The molecule has 7 nitrogen and oxygen atoms in total. The van der Waals surface area contributed by atoms with E-state index in [2.05, 4.69) is 10.1 Å². The van der Waals surface area contributed by atoms with Crippen molar-refractivity contribution in [3.63, 3.8) is 0 Å². The van der Waals surface area contributed by atoms with Crippen LogP contribution in [0.25, 0.3) is 0 Å². The minimum atomic E-state index is -3.62. The van der Waals surface area contributed by atoms with Crippen molar-refractivity contribution in [1.82, 2.24) is 4.31 Å². The second kappa shape index (κ2) is 7.65. The summed E-state index contributed by atoms with van der Waals surface area (Å²) in [5.41, 5.74) is 0.520. The largest absolute Gasteiger partial charge is 0.495 e. The van der Waals surface area contributed by atoms with Crippen LogP contribution in [0, 0.1) is 0 Å². The number of methoxy groups -OCH3 is 2. The Morgan fingerprint density at radius 1 is 1.22 bits per heavy atom. The van der Waals surface area contributed by atoms with Crippen molar-refractivity contribution in [2.24, 2.45) is 0 Å². The highest BCUT2D eigenvalue weighted by Crippen LogP contribution is 2.31. The summed E-state index contributed by atoms with van der Waals surface area (Å²) in [6.45, 7) is 1.00. The Bertz CT molecular complexity index is 654. The van der Waals surface area contributed by atoms with Crippen molar-refractivity contribution in [3.8, 4) is 5.75 Å². The Labute approximate surface area is 136 Å². The Kier molecular flexibility index (Phi) is 5.84. The number of benzene rings is 1. The van der Waals surface area contributed by atoms with Crippen LogP contribution in [0.4, 0.5) is 5.69 Å². The summed E-state index contributed by atoms with van der Waals surface area (Å²) >= 11 is 0. The Hall–Kier alpha value is -1.80. The Balaban J connectivity index is 2.29. The van der Waals surface area contributed by atoms with E-state index in [0.29, 0.717) is 24.5 Å². The van der Waals surface area contributed by atoms with Gasteiger partial charge >= 0.3 is 5.97 Å². The maximum absolute atomic E-state index is 12.8. The third kappa shape index (κ3) is 4.14. The Morgan fingerprint density at radius 2 is 1.91 bits per heavy atom. The number of esters is 1. The molecule has 0 aromatic heterocycles. The standard InChI is InChI=1S/C15H22N2O5S/c1-21-13-7-6-12(16-11-15(18)22-2)10-14(13)23(19,20)17-8-4-3-5-9-17/h6-7,10,16H,3-5,8-9,11H2,1-2H3. The van der Waals surface area contributed by atoms with Gasteiger partial charge in [-0.15, -0.1) is 0 Å². The molecule has 0 atom stereocenters. The van der Waals surface area contributed by atoms with Gasteiger partial charge in [-0.05, 0) is 31.0 Å².